The van der Waals surface area contributed by atoms with Crippen molar-refractivity contribution in [1.82, 2.24) is 25.2 Å². The minimum Gasteiger partial charge on any atom is -0.339 e. The quantitative estimate of drug-likeness (QED) is 0.796. The summed E-state index contributed by atoms with van der Waals surface area (Å²) in [6.07, 6.45) is 1.81. The lowest BCUT2D eigenvalue weighted by molar-refractivity contribution is 0.394. The van der Waals surface area contributed by atoms with Crippen LogP contribution in [0.1, 0.15) is 38.8 Å². The van der Waals surface area contributed by atoms with Crippen LogP contribution in [0.4, 0.5) is 0 Å². The molecule has 2 heterocycles. The van der Waals surface area contributed by atoms with Crippen LogP contribution in [0.15, 0.2) is 4.52 Å². The summed E-state index contributed by atoms with van der Waals surface area (Å²) in [6, 6.07) is 0.495. The number of halogens is 1. The Labute approximate surface area is 129 Å². The SMILES string of the molecule is CCc1c(Cl)c(-c2noc(C)n2)nn1CCCNC(C)C. The number of nitrogens with zero attached hydrogens (tertiary/aromatic N) is 4. The van der Waals surface area contributed by atoms with Gasteiger partial charge >= 0.3 is 0 Å². The molecule has 0 amide bonds. The number of hydrogen-bond acceptors (Lipinski definition) is 5. The van der Waals surface area contributed by atoms with Gasteiger partial charge in [0.25, 0.3) is 0 Å². The van der Waals surface area contributed by atoms with Gasteiger partial charge in [-0.25, -0.2) is 0 Å². The second kappa shape index (κ2) is 7.04. The molecule has 0 spiro atoms. The molecule has 0 aromatic carbocycles. The highest BCUT2D eigenvalue weighted by molar-refractivity contribution is 6.33. The average Bonchev–Trinajstić information content (AvgIpc) is 2.98. The first-order valence-corrected chi connectivity index (χ1v) is 7.70. The molecule has 6 nitrogen and oxygen atoms in total. The first kappa shape index (κ1) is 16.0. The lowest BCUT2D eigenvalue weighted by atomic mass is 10.3. The normalized spacial score (nSPS) is 11.5. The van der Waals surface area contributed by atoms with Crippen molar-refractivity contribution in [2.45, 2.75) is 53.1 Å². The van der Waals surface area contributed by atoms with Crippen molar-refractivity contribution >= 4 is 11.6 Å². The van der Waals surface area contributed by atoms with E-state index in [9.17, 15) is 0 Å². The summed E-state index contributed by atoms with van der Waals surface area (Å²) in [5.74, 6) is 0.959. The van der Waals surface area contributed by atoms with Crippen molar-refractivity contribution < 1.29 is 4.52 Å². The van der Waals surface area contributed by atoms with Crippen molar-refractivity contribution in [3.05, 3.63) is 16.6 Å². The van der Waals surface area contributed by atoms with Crippen LogP contribution in [0.5, 0.6) is 0 Å². The number of rotatable bonds is 7. The summed E-state index contributed by atoms with van der Waals surface area (Å²) < 4.78 is 6.95. The Bertz CT molecular complexity index is 590. The Morgan fingerprint density at radius 2 is 2.14 bits per heavy atom. The Kier molecular flexibility index (Phi) is 5.36. The van der Waals surface area contributed by atoms with Gasteiger partial charge in [-0.15, -0.1) is 0 Å². The molecule has 2 aromatic heterocycles. The van der Waals surface area contributed by atoms with Gasteiger partial charge in [0, 0.05) is 19.5 Å². The number of hydrogen-bond donors (Lipinski definition) is 1. The van der Waals surface area contributed by atoms with E-state index < -0.39 is 0 Å². The van der Waals surface area contributed by atoms with Crippen LogP contribution in [-0.4, -0.2) is 32.5 Å². The van der Waals surface area contributed by atoms with E-state index in [2.05, 4.69) is 41.3 Å². The maximum atomic E-state index is 6.42. The van der Waals surface area contributed by atoms with E-state index in [1.807, 2.05) is 4.68 Å². The topological polar surface area (TPSA) is 68.8 Å². The van der Waals surface area contributed by atoms with Crippen LogP contribution >= 0.6 is 11.6 Å². The fourth-order valence-corrected chi connectivity index (χ4v) is 2.51. The van der Waals surface area contributed by atoms with E-state index in [0.29, 0.717) is 28.5 Å². The van der Waals surface area contributed by atoms with E-state index in [4.69, 9.17) is 16.1 Å². The highest BCUT2D eigenvalue weighted by atomic mass is 35.5. The van der Waals surface area contributed by atoms with Crippen LogP contribution < -0.4 is 5.32 Å². The summed E-state index contributed by atoms with van der Waals surface area (Å²) in [6.45, 7) is 9.86. The molecular weight excluding hydrogens is 290 g/mol. The van der Waals surface area contributed by atoms with Crippen molar-refractivity contribution in [1.29, 1.82) is 0 Å². The first-order chi connectivity index (χ1) is 10.0. The average molecular weight is 312 g/mol. The number of aromatic nitrogens is 4. The van der Waals surface area contributed by atoms with Crippen molar-refractivity contribution in [3.63, 3.8) is 0 Å². The van der Waals surface area contributed by atoms with E-state index in [-0.39, 0.29) is 0 Å². The Balaban J connectivity index is 2.14. The molecular formula is C14H22ClN5O. The summed E-state index contributed by atoms with van der Waals surface area (Å²) in [5, 5.41) is 12.5. The van der Waals surface area contributed by atoms with E-state index in [1.165, 1.54) is 0 Å². The second-order valence-electron chi connectivity index (χ2n) is 5.29. The van der Waals surface area contributed by atoms with Gasteiger partial charge in [0.15, 0.2) is 5.69 Å². The van der Waals surface area contributed by atoms with Crippen molar-refractivity contribution in [2.75, 3.05) is 6.54 Å². The van der Waals surface area contributed by atoms with Gasteiger partial charge in [-0.3, -0.25) is 4.68 Å². The molecule has 0 unspecified atom stereocenters. The predicted molar refractivity (Wildman–Crippen MR) is 82.4 cm³/mol. The molecule has 2 aromatic rings. The predicted octanol–water partition coefficient (Wildman–Crippen LogP) is 2.85. The smallest absolute Gasteiger partial charge is 0.224 e. The molecule has 0 bridgehead atoms. The van der Waals surface area contributed by atoms with Crippen LogP contribution in [0.25, 0.3) is 11.5 Å². The van der Waals surface area contributed by atoms with E-state index in [1.54, 1.807) is 6.92 Å². The van der Waals surface area contributed by atoms with Gasteiger partial charge < -0.3 is 9.84 Å². The molecule has 0 saturated carbocycles. The number of aryl methyl sites for hydroxylation is 2. The minimum atomic E-state index is 0.450. The minimum absolute atomic E-state index is 0.450. The van der Waals surface area contributed by atoms with Crippen LogP contribution in [-0.2, 0) is 13.0 Å². The molecule has 7 heteroatoms. The summed E-state index contributed by atoms with van der Waals surface area (Å²) >= 11 is 6.42. The third kappa shape index (κ3) is 3.83. The van der Waals surface area contributed by atoms with Gasteiger partial charge in [-0.05, 0) is 19.4 Å². The zero-order valence-electron chi connectivity index (χ0n) is 13.0. The second-order valence-corrected chi connectivity index (χ2v) is 5.66. The van der Waals surface area contributed by atoms with Crippen LogP contribution in [0, 0.1) is 6.92 Å². The van der Waals surface area contributed by atoms with E-state index >= 15 is 0 Å². The summed E-state index contributed by atoms with van der Waals surface area (Å²) in [5.41, 5.74) is 1.61. The van der Waals surface area contributed by atoms with E-state index in [0.717, 1.165) is 31.6 Å². The van der Waals surface area contributed by atoms with Crippen molar-refractivity contribution in [3.8, 4) is 11.5 Å². The van der Waals surface area contributed by atoms with Gasteiger partial charge in [0.1, 0.15) is 0 Å². The summed E-state index contributed by atoms with van der Waals surface area (Å²) in [7, 11) is 0. The molecule has 0 aliphatic carbocycles. The molecule has 0 saturated heterocycles. The molecule has 0 atom stereocenters. The van der Waals surface area contributed by atoms with Crippen LogP contribution in [0.3, 0.4) is 0 Å². The third-order valence-corrected chi connectivity index (χ3v) is 3.56. The maximum absolute atomic E-state index is 6.42. The largest absolute Gasteiger partial charge is 0.339 e. The molecule has 21 heavy (non-hydrogen) atoms. The zero-order valence-corrected chi connectivity index (χ0v) is 13.7. The zero-order chi connectivity index (χ0) is 15.4. The van der Waals surface area contributed by atoms with Gasteiger partial charge in [0.05, 0.1) is 10.7 Å². The highest BCUT2D eigenvalue weighted by Crippen LogP contribution is 2.28. The Hall–Kier alpha value is -1.40. The fraction of sp³-hybridized carbons (Fsp3) is 0.643. The van der Waals surface area contributed by atoms with Gasteiger partial charge in [-0.1, -0.05) is 37.5 Å². The summed E-state index contributed by atoms with van der Waals surface area (Å²) in [4.78, 5) is 4.20. The number of nitrogens with one attached hydrogen (secondary N) is 1. The standard InChI is InChI=1S/C14H22ClN5O/c1-5-11-12(15)13(14-17-10(4)21-19-14)18-20(11)8-6-7-16-9(2)3/h9,16H,5-8H2,1-4H3. The molecule has 1 N–H and O–H groups in total. The Morgan fingerprint density at radius 3 is 2.71 bits per heavy atom. The fourth-order valence-electron chi connectivity index (χ4n) is 2.16. The highest BCUT2D eigenvalue weighted by Gasteiger charge is 2.19. The lowest BCUT2D eigenvalue weighted by Crippen LogP contribution is -2.24. The van der Waals surface area contributed by atoms with Gasteiger partial charge in [-0.2, -0.15) is 10.1 Å². The molecule has 0 aliphatic rings. The first-order valence-electron chi connectivity index (χ1n) is 7.32. The Morgan fingerprint density at radius 1 is 1.38 bits per heavy atom. The lowest BCUT2D eigenvalue weighted by Gasteiger charge is -2.09. The molecule has 0 aliphatic heterocycles. The molecule has 116 valence electrons. The van der Waals surface area contributed by atoms with Crippen LogP contribution in [0.2, 0.25) is 5.02 Å². The monoisotopic (exact) mass is 311 g/mol. The van der Waals surface area contributed by atoms with Gasteiger partial charge in [0.2, 0.25) is 11.7 Å². The molecule has 0 fully saturated rings. The van der Waals surface area contributed by atoms with Crippen molar-refractivity contribution in [2.24, 2.45) is 0 Å². The maximum Gasteiger partial charge on any atom is 0.224 e. The molecule has 0 radical (unpaired) electrons. The third-order valence-electron chi connectivity index (χ3n) is 3.17. The molecule has 2 rings (SSSR count).